The zero-order valence-electron chi connectivity index (χ0n) is 18.3. The highest BCUT2D eigenvalue weighted by atomic mass is 16.5. The Bertz CT molecular complexity index is 889. The molecule has 1 saturated carbocycles. The Hall–Kier alpha value is -2.53. The van der Waals surface area contributed by atoms with Crippen LogP contribution < -0.4 is 9.47 Å². The van der Waals surface area contributed by atoms with Gasteiger partial charge in [-0.2, -0.15) is 0 Å². The van der Waals surface area contributed by atoms with Gasteiger partial charge in [0.2, 0.25) is 5.91 Å². The minimum Gasteiger partial charge on any atom is -0.497 e. The summed E-state index contributed by atoms with van der Waals surface area (Å²) < 4.78 is 12.1. The molecule has 0 atom stereocenters. The highest BCUT2D eigenvalue weighted by Gasteiger charge is 2.42. The third-order valence-electron chi connectivity index (χ3n) is 6.66. The number of methoxy groups -OCH3 is 1. The van der Waals surface area contributed by atoms with E-state index in [1.54, 1.807) is 14.0 Å². The Morgan fingerprint density at radius 3 is 2.70 bits per heavy atom. The predicted octanol–water partition coefficient (Wildman–Crippen LogP) is 4.25. The highest BCUT2D eigenvalue weighted by molar-refractivity contribution is 5.73. The first-order valence-electron chi connectivity index (χ1n) is 10.8. The summed E-state index contributed by atoms with van der Waals surface area (Å²) in [7, 11) is 3.63. The normalized spacial score (nSPS) is 23.9. The number of fused-ring (bicyclic) bond motifs is 1. The lowest BCUT2D eigenvalue weighted by Gasteiger charge is -2.43. The maximum absolute atomic E-state index is 11.8. The summed E-state index contributed by atoms with van der Waals surface area (Å²) in [6, 6.07) is 17.0. The molecule has 5 nitrogen and oxygen atoms in total. The fourth-order valence-electron chi connectivity index (χ4n) is 4.88. The van der Waals surface area contributed by atoms with E-state index < -0.39 is 0 Å². The lowest BCUT2D eigenvalue weighted by Crippen LogP contribution is -2.51. The molecule has 2 aromatic carbocycles. The average molecular weight is 409 g/mol. The molecule has 0 saturated heterocycles. The molecule has 1 fully saturated rings. The quantitative estimate of drug-likeness (QED) is 0.759. The molecule has 0 aromatic heterocycles. The molecular formula is C25H32N2O3. The second kappa shape index (κ2) is 8.68. The van der Waals surface area contributed by atoms with Gasteiger partial charge in [0.25, 0.3) is 0 Å². The summed E-state index contributed by atoms with van der Waals surface area (Å²) in [5.41, 5.74) is 2.27. The molecule has 1 heterocycles. The van der Waals surface area contributed by atoms with Crippen LogP contribution in [-0.2, 0) is 17.9 Å². The second-order valence-electron chi connectivity index (χ2n) is 8.75. The predicted molar refractivity (Wildman–Crippen MR) is 118 cm³/mol. The summed E-state index contributed by atoms with van der Waals surface area (Å²) in [5, 5.41) is 0. The van der Waals surface area contributed by atoms with Crippen molar-refractivity contribution in [1.29, 1.82) is 0 Å². The summed E-state index contributed by atoms with van der Waals surface area (Å²) in [6.45, 7) is 4.26. The lowest BCUT2D eigenvalue weighted by molar-refractivity contribution is -0.131. The molecule has 1 aliphatic carbocycles. The highest BCUT2D eigenvalue weighted by Crippen LogP contribution is 2.39. The van der Waals surface area contributed by atoms with Crippen LogP contribution >= 0.6 is 0 Å². The Balaban J connectivity index is 1.56. The van der Waals surface area contributed by atoms with Gasteiger partial charge in [-0.15, -0.1) is 0 Å². The number of carbonyl (C=O) groups excluding carboxylic acids is 1. The van der Waals surface area contributed by atoms with Crippen molar-refractivity contribution in [3.05, 3.63) is 59.7 Å². The summed E-state index contributed by atoms with van der Waals surface area (Å²) in [5.74, 6) is 2.04. The van der Waals surface area contributed by atoms with Crippen molar-refractivity contribution < 1.29 is 14.3 Å². The van der Waals surface area contributed by atoms with E-state index in [4.69, 9.17) is 9.47 Å². The van der Waals surface area contributed by atoms with Gasteiger partial charge in [-0.25, -0.2) is 0 Å². The van der Waals surface area contributed by atoms with E-state index in [0.29, 0.717) is 6.04 Å². The van der Waals surface area contributed by atoms with Crippen LogP contribution in [-0.4, -0.2) is 48.1 Å². The van der Waals surface area contributed by atoms with Gasteiger partial charge in [-0.1, -0.05) is 30.3 Å². The summed E-state index contributed by atoms with van der Waals surface area (Å²) >= 11 is 0. The number of rotatable bonds is 4. The SMILES string of the molecule is COc1cccc(CN2Cc3ccccc3OC3(CCC(N(C)C(C)=O)CC3)C2)c1. The first kappa shape index (κ1) is 20.7. The Kier molecular flexibility index (Phi) is 6.00. The molecular weight excluding hydrogens is 376 g/mol. The van der Waals surface area contributed by atoms with E-state index in [9.17, 15) is 4.79 Å². The van der Waals surface area contributed by atoms with Crippen LogP contribution in [0.2, 0.25) is 0 Å². The van der Waals surface area contributed by atoms with Crippen LogP contribution in [0.15, 0.2) is 48.5 Å². The lowest BCUT2D eigenvalue weighted by atomic mass is 9.81. The summed E-state index contributed by atoms with van der Waals surface area (Å²) in [6.07, 6.45) is 3.87. The number of ether oxygens (including phenoxy) is 2. The number of hydrogen-bond acceptors (Lipinski definition) is 4. The van der Waals surface area contributed by atoms with Crippen LogP contribution in [0.5, 0.6) is 11.5 Å². The molecule has 2 aromatic rings. The molecule has 30 heavy (non-hydrogen) atoms. The fourth-order valence-corrected chi connectivity index (χ4v) is 4.88. The van der Waals surface area contributed by atoms with E-state index in [1.807, 2.05) is 18.0 Å². The third kappa shape index (κ3) is 4.46. The number of amides is 1. The number of benzene rings is 2. The monoisotopic (exact) mass is 408 g/mol. The number of hydrogen-bond donors (Lipinski definition) is 0. The summed E-state index contributed by atoms with van der Waals surface area (Å²) in [4.78, 5) is 16.2. The van der Waals surface area contributed by atoms with Crippen LogP contribution in [0.1, 0.15) is 43.7 Å². The molecule has 0 bridgehead atoms. The Morgan fingerprint density at radius 1 is 1.20 bits per heavy atom. The van der Waals surface area contributed by atoms with Gasteiger partial charge in [0.05, 0.1) is 7.11 Å². The van der Waals surface area contributed by atoms with Gasteiger partial charge in [0.1, 0.15) is 17.1 Å². The second-order valence-corrected chi connectivity index (χ2v) is 8.75. The molecule has 1 spiro atoms. The van der Waals surface area contributed by atoms with Crippen molar-refractivity contribution in [3.63, 3.8) is 0 Å². The van der Waals surface area contributed by atoms with Crippen LogP contribution in [0.3, 0.4) is 0 Å². The molecule has 160 valence electrons. The number of nitrogens with zero attached hydrogens (tertiary/aromatic N) is 2. The van der Waals surface area contributed by atoms with E-state index in [0.717, 1.165) is 56.8 Å². The minimum atomic E-state index is -0.209. The third-order valence-corrected chi connectivity index (χ3v) is 6.66. The van der Waals surface area contributed by atoms with Gasteiger partial charge < -0.3 is 14.4 Å². The van der Waals surface area contributed by atoms with E-state index in [2.05, 4.69) is 47.4 Å². The van der Waals surface area contributed by atoms with Crippen molar-refractivity contribution in [2.24, 2.45) is 0 Å². The van der Waals surface area contributed by atoms with E-state index in [1.165, 1.54) is 11.1 Å². The van der Waals surface area contributed by atoms with Gasteiger partial charge in [0, 0.05) is 45.2 Å². The zero-order chi connectivity index (χ0) is 21.1. The molecule has 0 N–H and O–H groups in total. The first-order chi connectivity index (χ1) is 14.5. The Morgan fingerprint density at radius 2 is 1.97 bits per heavy atom. The molecule has 4 rings (SSSR count). The van der Waals surface area contributed by atoms with E-state index in [-0.39, 0.29) is 11.5 Å². The standard InChI is InChI=1S/C25H32N2O3/c1-19(28)26(2)22-11-13-25(14-12-22)18-27(16-20-7-6-9-23(15-20)29-3)17-21-8-4-5-10-24(21)30-25/h4-10,15,22H,11-14,16-18H2,1-3H3. The first-order valence-corrected chi connectivity index (χ1v) is 10.8. The fraction of sp³-hybridized carbons (Fsp3) is 0.480. The minimum absolute atomic E-state index is 0.141. The van der Waals surface area contributed by atoms with Gasteiger partial charge in [-0.05, 0) is 49.4 Å². The Labute approximate surface area is 179 Å². The zero-order valence-corrected chi connectivity index (χ0v) is 18.3. The molecule has 2 aliphatic rings. The molecule has 5 heteroatoms. The molecule has 1 aliphatic heterocycles. The van der Waals surface area contributed by atoms with Crippen LogP contribution in [0, 0.1) is 0 Å². The average Bonchev–Trinajstić information content (AvgIpc) is 2.89. The van der Waals surface area contributed by atoms with Gasteiger partial charge in [0.15, 0.2) is 0 Å². The van der Waals surface area contributed by atoms with Gasteiger partial charge in [-0.3, -0.25) is 9.69 Å². The molecule has 0 unspecified atom stereocenters. The topological polar surface area (TPSA) is 42.0 Å². The van der Waals surface area contributed by atoms with Crippen molar-refractivity contribution in [2.45, 2.75) is 57.3 Å². The number of para-hydroxylation sites is 1. The molecule has 0 radical (unpaired) electrons. The largest absolute Gasteiger partial charge is 0.497 e. The van der Waals surface area contributed by atoms with E-state index >= 15 is 0 Å². The van der Waals surface area contributed by atoms with Crippen molar-refractivity contribution in [3.8, 4) is 11.5 Å². The number of carbonyl (C=O) groups is 1. The van der Waals surface area contributed by atoms with Crippen molar-refractivity contribution in [2.75, 3.05) is 20.7 Å². The van der Waals surface area contributed by atoms with Crippen LogP contribution in [0.4, 0.5) is 0 Å². The smallest absolute Gasteiger partial charge is 0.219 e. The maximum atomic E-state index is 11.8. The van der Waals surface area contributed by atoms with Gasteiger partial charge >= 0.3 is 0 Å². The van der Waals surface area contributed by atoms with Crippen LogP contribution in [0.25, 0.3) is 0 Å². The maximum Gasteiger partial charge on any atom is 0.219 e. The molecule has 1 amide bonds. The van der Waals surface area contributed by atoms with Crippen molar-refractivity contribution >= 4 is 5.91 Å². The van der Waals surface area contributed by atoms with Crippen molar-refractivity contribution in [1.82, 2.24) is 9.80 Å².